The van der Waals surface area contributed by atoms with Gasteiger partial charge in [0.1, 0.15) is 0 Å². The fourth-order valence-electron chi connectivity index (χ4n) is 3.42. The molecular weight excluding hydrogens is 426 g/mol. The third kappa shape index (κ3) is 4.23. The predicted molar refractivity (Wildman–Crippen MR) is 122 cm³/mol. The number of piperazine rings is 1. The molecule has 0 radical (unpaired) electrons. The summed E-state index contributed by atoms with van der Waals surface area (Å²) >= 11 is 11.5. The first-order valence-electron chi connectivity index (χ1n) is 9.24. The summed E-state index contributed by atoms with van der Waals surface area (Å²) < 4.78 is 27.2. The third-order valence-corrected chi connectivity index (χ3v) is 7.53. The van der Waals surface area contributed by atoms with E-state index in [1.807, 2.05) is 29.2 Å². The smallest absolute Gasteiger partial charge is 0.243 e. The Balaban J connectivity index is 1.43. The van der Waals surface area contributed by atoms with Crippen molar-refractivity contribution in [3.05, 3.63) is 71.8 Å². The Morgan fingerprint density at radius 2 is 1.55 bits per heavy atom. The minimum absolute atomic E-state index is 0.256. The van der Waals surface area contributed by atoms with Crippen LogP contribution < -0.4 is 5.32 Å². The van der Waals surface area contributed by atoms with Crippen LogP contribution in [-0.2, 0) is 10.0 Å². The van der Waals surface area contributed by atoms with E-state index in [1.54, 1.807) is 12.1 Å². The number of halogens is 1. The molecule has 0 saturated carbocycles. The van der Waals surface area contributed by atoms with E-state index in [1.165, 1.54) is 16.4 Å². The number of hydrogen-bond acceptors (Lipinski definition) is 3. The molecule has 0 spiro atoms. The van der Waals surface area contributed by atoms with Crippen LogP contribution in [0.4, 0.5) is 5.69 Å². The van der Waals surface area contributed by atoms with Crippen LogP contribution in [0, 0.1) is 0 Å². The number of sulfonamides is 1. The van der Waals surface area contributed by atoms with Gasteiger partial charge in [-0.05, 0) is 47.9 Å². The lowest BCUT2D eigenvalue weighted by Crippen LogP contribution is -2.51. The van der Waals surface area contributed by atoms with Crippen LogP contribution in [0.5, 0.6) is 0 Å². The Bertz CT molecular complexity index is 1140. The second-order valence-corrected chi connectivity index (χ2v) is 9.56. The molecular formula is C21H20ClN3O2S2. The zero-order valence-corrected chi connectivity index (χ0v) is 18.0. The molecule has 29 heavy (non-hydrogen) atoms. The van der Waals surface area contributed by atoms with Gasteiger partial charge in [-0.1, -0.05) is 48.0 Å². The maximum Gasteiger partial charge on any atom is 0.243 e. The summed E-state index contributed by atoms with van der Waals surface area (Å²) in [6.07, 6.45) is 0. The number of nitrogens with one attached hydrogen (secondary N) is 1. The van der Waals surface area contributed by atoms with Crippen LogP contribution in [-0.4, -0.2) is 48.9 Å². The van der Waals surface area contributed by atoms with Gasteiger partial charge >= 0.3 is 0 Å². The monoisotopic (exact) mass is 445 g/mol. The van der Waals surface area contributed by atoms with Crippen molar-refractivity contribution in [1.82, 2.24) is 9.21 Å². The normalized spacial score (nSPS) is 15.4. The summed E-state index contributed by atoms with van der Waals surface area (Å²) in [6.45, 7) is 1.82. The summed E-state index contributed by atoms with van der Waals surface area (Å²) in [5.74, 6) is 0. The Morgan fingerprint density at radius 3 is 2.28 bits per heavy atom. The highest BCUT2D eigenvalue weighted by Gasteiger charge is 2.29. The summed E-state index contributed by atoms with van der Waals surface area (Å²) in [5.41, 5.74) is 0.948. The molecule has 0 amide bonds. The number of nitrogens with zero attached hydrogens (tertiary/aromatic N) is 2. The van der Waals surface area contributed by atoms with Gasteiger partial charge in [0.05, 0.1) is 4.90 Å². The molecule has 5 nitrogen and oxygen atoms in total. The molecule has 150 valence electrons. The molecule has 8 heteroatoms. The van der Waals surface area contributed by atoms with E-state index in [0.29, 0.717) is 36.3 Å². The maximum atomic E-state index is 12.8. The minimum Gasteiger partial charge on any atom is -0.346 e. The van der Waals surface area contributed by atoms with Gasteiger partial charge in [0.25, 0.3) is 0 Å². The number of anilines is 1. The van der Waals surface area contributed by atoms with Crippen molar-refractivity contribution < 1.29 is 8.42 Å². The molecule has 3 aromatic carbocycles. The number of hydrogen-bond donors (Lipinski definition) is 1. The standard InChI is InChI=1S/C21H20ClN3O2S2/c22-17-8-10-18(11-9-17)29(26,27)25-14-12-24(13-15-25)21(28)23-20-7-3-5-16-4-1-2-6-19(16)20/h1-11H,12-15H2,(H,23,28). The fraction of sp³-hybridized carbons (Fsp3) is 0.190. The molecule has 0 aliphatic carbocycles. The van der Waals surface area contributed by atoms with Crippen LogP contribution in [0.3, 0.4) is 0 Å². The topological polar surface area (TPSA) is 52.7 Å². The summed E-state index contributed by atoms with van der Waals surface area (Å²) in [4.78, 5) is 2.26. The average molecular weight is 446 g/mol. The summed E-state index contributed by atoms with van der Waals surface area (Å²) in [6, 6.07) is 20.4. The number of rotatable bonds is 3. The van der Waals surface area contributed by atoms with Gasteiger partial charge in [-0.2, -0.15) is 4.31 Å². The zero-order chi connectivity index (χ0) is 20.4. The molecule has 1 saturated heterocycles. The van der Waals surface area contributed by atoms with E-state index in [9.17, 15) is 8.42 Å². The van der Waals surface area contributed by atoms with Gasteiger partial charge in [0.2, 0.25) is 10.0 Å². The minimum atomic E-state index is -3.53. The highest BCUT2D eigenvalue weighted by molar-refractivity contribution is 7.89. The molecule has 0 bridgehead atoms. The Kier molecular flexibility index (Phi) is 5.74. The average Bonchev–Trinajstić information content (AvgIpc) is 2.74. The Morgan fingerprint density at radius 1 is 0.897 bits per heavy atom. The second kappa shape index (κ2) is 8.28. The lowest BCUT2D eigenvalue weighted by Gasteiger charge is -2.35. The fourth-order valence-corrected chi connectivity index (χ4v) is 5.26. The summed E-state index contributed by atoms with van der Waals surface area (Å²) in [7, 11) is -3.53. The highest BCUT2D eigenvalue weighted by Crippen LogP contribution is 2.24. The maximum absolute atomic E-state index is 12.8. The van der Waals surface area contributed by atoms with Crippen LogP contribution in [0.2, 0.25) is 5.02 Å². The molecule has 0 aromatic heterocycles. The quantitative estimate of drug-likeness (QED) is 0.612. The van der Waals surface area contributed by atoms with Crippen molar-refractivity contribution >= 4 is 55.4 Å². The second-order valence-electron chi connectivity index (χ2n) is 6.80. The van der Waals surface area contributed by atoms with E-state index in [4.69, 9.17) is 23.8 Å². The Labute approximate surface area is 180 Å². The lowest BCUT2D eigenvalue weighted by molar-refractivity contribution is 0.268. The van der Waals surface area contributed by atoms with Crippen molar-refractivity contribution in [2.75, 3.05) is 31.5 Å². The Hall–Kier alpha value is -2.19. The van der Waals surface area contributed by atoms with E-state index in [-0.39, 0.29) is 4.90 Å². The molecule has 4 rings (SSSR count). The van der Waals surface area contributed by atoms with Crippen LogP contribution in [0.15, 0.2) is 71.6 Å². The van der Waals surface area contributed by atoms with E-state index >= 15 is 0 Å². The van der Waals surface area contributed by atoms with Crippen LogP contribution in [0.25, 0.3) is 10.8 Å². The molecule has 1 heterocycles. The van der Waals surface area contributed by atoms with Gasteiger partial charge in [-0.25, -0.2) is 8.42 Å². The van der Waals surface area contributed by atoms with Crippen molar-refractivity contribution in [3.63, 3.8) is 0 Å². The van der Waals surface area contributed by atoms with E-state index < -0.39 is 10.0 Å². The number of benzene rings is 3. The summed E-state index contributed by atoms with van der Waals surface area (Å²) in [5, 5.41) is 6.67. The highest BCUT2D eigenvalue weighted by atomic mass is 35.5. The van der Waals surface area contributed by atoms with E-state index in [2.05, 4.69) is 23.5 Å². The molecule has 1 fully saturated rings. The van der Waals surface area contributed by atoms with Crippen LogP contribution in [0.1, 0.15) is 0 Å². The molecule has 0 atom stereocenters. The molecule has 3 aromatic rings. The lowest BCUT2D eigenvalue weighted by atomic mass is 10.1. The van der Waals surface area contributed by atoms with E-state index in [0.717, 1.165) is 16.5 Å². The van der Waals surface area contributed by atoms with Crippen molar-refractivity contribution in [3.8, 4) is 0 Å². The van der Waals surface area contributed by atoms with Gasteiger partial charge < -0.3 is 10.2 Å². The SMILES string of the molecule is O=S(=O)(c1ccc(Cl)cc1)N1CCN(C(=S)Nc2cccc3ccccc23)CC1. The number of fused-ring (bicyclic) bond motifs is 1. The third-order valence-electron chi connectivity index (χ3n) is 5.01. The van der Waals surface area contributed by atoms with Gasteiger partial charge in [0.15, 0.2) is 5.11 Å². The van der Waals surface area contributed by atoms with Crippen LogP contribution >= 0.6 is 23.8 Å². The van der Waals surface area contributed by atoms with Gasteiger partial charge in [0, 0.05) is 42.3 Å². The van der Waals surface area contributed by atoms with Crippen molar-refractivity contribution in [1.29, 1.82) is 0 Å². The van der Waals surface area contributed by atoms with Crippen molar-refractivity contribution in [2.45, 2.75) is 4.90 Å². The zero-order valence-electron chi connectivity index (χ0n) is 15.6. The molecule has 1 aliphatic rings. The molecule has 1 N–H and O–H groups in total. The van der Waals surface area contributed by atoms with Gasteiger partial charge in [-0.15, -0.1) is 0 Å². The van der Waals surface area contributed by atoms with Gasteiger partial charge in [-0.3, -0.25) is 0 Å². The first kappa shape index (κ1) is 20.1. The van der Waals surface area contributed by atoms with Crippen molar-refractivity contribution in [2.24, 2.45) is 0 Å². The first-order valence-corrected chi connectivity index (χ1v) is 11.5. The number of thiocarbonyl (C=S) groups is 1. The predicted octanol–water partition coefficient (Wildman–Crippen LogP) is 4.20. The molecule has 0 unspecified atom stereocenters. The first-order chi connectivity index (χ1) is 13.9. The molecule has 1 aliphatic heterocycles. The largest absolute Gasteiger partial charge is 0.346 e.